The number of benzene rings is 2. The minimum Gasteiger partial charge on any atom is -0.465 e. The molecule has 0 radical (unpaired) electrons. The van der Waals surface area contributed by atoms with Crippen molar-refractivity contribution in [3.8, 4) is 0 Å². The number of carbonyl (C=O) groups is 2. The van der Waals surface area contributed by atoms with E-state index in [1.807, 2.05) is 56.3 Å². The van der Waals surface area contributed by atoms with E-state index < -0.39 is 17.4 Å². The molecule has 0 fully saturated rings. The SMILES string of the molecule is CCOC(=O)C1(C(=O)OCC)C(c2ccc(C)cc2)=Nc2ccc(C)cc21. The number of ether oxygens (including phenoxy) is 2. The maximum absolute atomic E-state index is 13.2. The van der Waals surface area contributed by atoms with E-state index in [4.69, 9.17) is 9.47 Å². The Morgan fingerprint density at radius 1 is 0.889 bits per heavy atom. The number of esters is 2. The van der Waals surface area contributed by atoms with Gasteiger partial charge in [0.1, 0.15) is 0 Å². The van der Waals surface area contributed by atoms with Crippen LogP contribution in [0.15, 0.2) is 47.5 Å². The fraction of sp³-hybridized carbons (Fsp3) is 0.318. The quantitative estimate of drug-likeness (QED) is 0.597. The second kappa shape index (κ2) is 7.35. The Balaban J connectivity index is 2.31. The van der Waals surface area contributed by atoms with Crippen LogP contribution in [0.25, 0.3) is 0 Å². The van der Waals surface area contributed by atoms with Gasteiger partial charge in [-0.05, 0) is 39.3 Å². The van der Waals surface area contributed by atoms with E-state index in [0.29, 0.717) is 22.5 Å². The second-order valence-electron chi connectivity index (χ2n) is 6.54. The highest BCUT2D eigenvalue weighted by atomic mass is 16.6. The molecule has 3 rings (SSSR count). The third kappa shape index (κ3) is 3.03. The van der Waals surface area contributed by atoms with Crippen molar-refractivity contribution in [3.05, 3.63) is 64.7 Å². The standard InChI is InChI=1S/C22H23NO4/c1-5-26-20(24)22(21(25)27-6-2)17-13-15(4)9-12-18(17)23-19(22)16-10-7-14(3)8-11-16/h7-13H,5-6H2,1-4H3. The molecule has 0 unspecified atom stereocenters. The summed E-state index contributed by atoms with van der Waals surface area (Å²) < 4.78 is 10.7. The molecule has 2 aromatic carbocycles. The fourth-order valence-electron chi connectivity index (χ4n) is 3.35. The van der Waals surface area contributed by atoms with Crippen LogP contribution in [-0.2, 0) is 24.5 Å². The first-order valence-corrected chi connectivity index (χ1v) is 9.06. The zero-order valence-electron chi connectivity index (χ0n) is 16.0. The van der Waals surface area contributed by atoms with E-state index >= 15 is 0 Å². The lowest BCUT2D eigenvalue weighted by Gasteiger charge is -2.28. The number of carbonyl (C=O) groups excluding carboxylic acids is 2. The Kier molecular flexibility index (Phi) is 5.13. The molecule has 0 atom stereocenters. The van der Waals surface area contributed by atoms with Crippen LogP contribution in [0, 0.1) is 13.8 Å². The highest BCUT2D eigenvalue weighted by Crippen LogP contribution is 2.45. The first-order valence-electron chi connectivity index (χ1n) is 9.06. The van der Waals surface area contributed by atoms with E-state index in [0.717, 1.165) is 11.1 Å². The first-order chi connectivity index (χ1) is 12.9. The van der Waals surface area contributed by atoms with Crippen molar-refractivity contribution in [2.75, 3.05) is 13.2 Å². The molecule has 0 N–H and O–H groups in total. The molecule has 0 aromatic heterocycles. The molecule has 2 aromatic rings. The Morgan fingerprint density at radius 2 is 1.44 bits per heavy atom. The summed E-state index contributed by atoms with van der Waals surface area (Å²) >= 11 is 0. The highest BCUT2D eigenvalue weighted by Gasteiger charge is 2.59. The summed E-state index contributed by atoms with van der Waals surface area (Å²) in [5.41, 5.74) is 2.40. The van der Waals surface area contributed by atoms with Crippen LogP contribution in [0.1, 0.15) is 36.1 Å². The first kappa shape index (κ1) is 18.8. The predicted molar refractivity (Wildman–Crippen MR) is 103 cm³/mol. The number of fused-ring (bicyclic) bond motifs is 1. The highest BCUT2D eigenvalue weighted by molar-refractivity contribution is 6.35. The van der Waals surface area contributed by atoms with Crippen molar-refractivity contribution in [1.29, 1.82) is 0 Å². The van der Waals surface area contributed by atoms with Gasteiger partial charge in [0.25, 0.3) is 0 Å². The molecule has 27 heavy (non-hydrogen) atoms. The van der Waals surface area contributed by atoms with Gasteiger partial charge >= 0.3 is 11.9 Å². The number of aliphatic imine (C=N–C) groups is 1. The molecule has 1 heterocycles. The van der Waals surface area contributed by atoms with E-state index in [2.05, 4.69) is 4.99 Å². The molecule has 0 amide bonds. The summed E-state index contributed by atoms with van der Waals surface area (Å²) in [6.07, 6.45) is 0. The minimum absolute atomic E-state index is 0.155. The van der Waals surface area contributed by atoms with Crippen LogP contribution >= 0.6 is 0 Å². The minimum atomic E-state index is -1.72. The second-order valence-corrected chi connectivity index (χ2v) is 6.54. The Hall–Kier alpha value is -2.95. The summed E-state index contributed by atoms with van der Waals surface area (Å²) in [5.74, 6) is -1.32. The number of rotatable bonds is 5. The summed E-state index contributed by atoms with van der Waals surface area (Å²) in [5, 5.41) is 0. The molecular weight excluding hydrogens is 342 g/mol. The lowest BCUT2D eigenvalue weighted by molar-refractivity contribution is -0.160. The van der Waals surface area contributed by atoms with Crippen molar-refractivity contribution in [3.63, 3.8) is 0 Å². The van der Waals surface area contributed by atoms with Gasteiger partial charge in [0.2, 0.25) is 5.41 Å². The van der Waals surface area contributed by atoms with Crippen molar-refractivity contribution in [2.45, 2.75) is 33.1 Å². The number of hydrogen-bond acceptors (Lipinski definition) is 5. The Morgan fingerprint density at radius 3 is 2.00 bits per heavy atom. The van der Waals surface area contributed by atoms with Crippen molar-refractivity contribution >= 4 is 23.3 Å². The predicted octanol–water partition coefficient (Wildman–Crippen LogP) is 3.80. The molecular formula is C22H23NO4. The molecule has 5 nitrogen and oxygen atoms in total. The third-order valence-electron chi connectivity index (χ3n) is 4.63. The summed E-state index contributed by atoms with van der Waals surface area (Å²) in [6.45, 7) is 7.62. The monoisotopic (exact) mass is 365 g/mol. The van der Waals surface area contributed by atoms with Gasteiger partial charge in [-0.3, -0.25) is 14.6 Å². The molecule has 0 aliphatic carbocycles. The normalized spacial score (nSPS) is 14.3. The summed E-state index contributed by atoms with van der Waals surface area (Å²) in [4.78, 5) is 31.1. The zero-order valence-corrected chi connectivity index (χ0v) is 16.0. The number of hydrogen-bond donors (Lipinski definition) is 0. The van der Waals surface area contributed by atoms with Crippen LogP contribution in [0.4, 0.5) is 5.69 Å². The van der Waals surface area contributed by atoms with Crippen LogP contribution in [0.5, 0.6) is 0 Å². The number of nitrogens with zero attached hydrogens (tertiary/aromatic N) is 1. The van der Waals surface area contributed by atoms with Gasteiger partial charge in [-0.2, -0.15) is 0 Å². The van der Waals surface area contributed by atoms with Gasteiger partial charge in [-0.1, -0.05) is 47.5 Å². The van der Waals surface area contributed by atoms with Crippen LogP contribution < -0.4 is 0 Å². The molecule has 0 spiro atoms. The maximum Gasteiger partial charge on any atom is 0.334 e. The van der Waals surface area contributed by atoms with Crippen LogP contribution in [0.2, 0.25) is 0 Å². The molecule has 5 heteroatoms. The van der Waals surface area contributed by atoms with Crippen LogP contribution in [0.3, 0.4) is 0 Å². The largest absolute Gasteiger partial charge is 0.465 e. The maximum atomic E-state index is 13.2. The van der Waals surface area contributed by atoms with Crippen molar-refractivity contribution < 1.29 is 19.1 Å². The molecule has 1 aliphatic heterocycles. The molecule has 1 aliphatic rings. The van der Waals surface area contributed by atoms with Gasteiger partial charge in [-0.25, -0.2) is 0 Å². The third-order valence-corrected chi connectivity index (χ3v) is 4.63. The van der Waals surface area contributed by atoms with Gasteiger partial charge in [0.15, 0.2) is 0 Å². The smallest absolute Gasteiger partial charge is 0.334 e. The van der Waals surface area contributed by atoms with E-state index in [9.17, 15) is 9.59 Å². The van der Waals surface area contributed by atoms with Gasteiger partial charge in [0.05, 0.1) is 24.6 Å². The van der Waals surface area contributed by atoms with Gasteiger partial charge in [0, 0.05) is 5.56 Å². The Labute approximate surface area is 159 Å². The van der Waals surface area contributed by atoms with Gasteiger partial charge in [-0.15, -0.1) is 0 Å². The Bertz CT molecular complexity index is 894. The fourth-order valence-corrected chi connectivity index (χ4v) is 3.35. The van der Waals surface area contributed by atoms with Crippen LogP contribution in [-0.4, -0.2) is 30.9 Å². The molecule has 0 saturated heterocycles. The van der Waals surface area contributed by atoms with E-state index in [1.165, 1.54) is 0 Å². The van der Waals surface area contributed by atoms with Gasteiger partial charge < -0.3 is 9.47 Å². The summed E-state index contributed by atoms with van der Waals surface area (Å²) in [6, 6.07) is 13.1. The van der Waals surface area contributed by atoms with Crippen molar-refractivity contribution in [1.82, 2.24) is 0 Å². The lowest BCUT2D eigenvalue weighted by atomic mass is 9.74. The van der Waals surface area contributed by atoms with E-state index in [-0.39, 0.29) is 13.2 Å². The lowest BCUT2D eigenvalue weighted by Crippen LogP contribution is -2.51. The average Bonchev–Trinajstić information content (AvgIpc) is 2.98. The molecule has 0 saturated carbocycles. The molecule has 140 valence electrons. The molecule has 0 bridgehead atoms. The van der Waals surface area contributed by atoms with E-state index in [1.54, 1.807) is 13.8 Å². The topological polar surface area (TPSA) is 65.0 Å². The van der Waals surface area contributed by atoms with Crippen molar-refractivity contribution in [2.24, 2.45) is 4.99 Å². The zero-order chi connectivity index (χ0) is 19.6. The summed E-state index contributed by atoms with van der Waals surface area (Å²) in [7, 11) is 0. The number of aryl methyl sites for hydroxylation is 2. The average molecular weight is 365 g/mol.